The number of Topliss-reactive ketones (excluding diaryl/α,β-unsaturated/α-hetero) is 1. The largest absolute Gasteiger partial charge is 0.293 e. The van der Waals surface area contributed by atoms with Crippen LogP contribution in [-0.2, 0) is 0 Å². The van der Waals surface area contributed by atoms with Crippen LogP contribution in [0, 0.1) is 0 Å². The van der Waals surface area contributed by atoms with Crippen LogP contribution in [0.25, 0.3) is 0 Å². The maximum absolute atomic E-state index is 12.1. The molecule has 0 spiro atoms. The van der Waals surface area contributed by atoms with Crippen molar-refractivity contribution in [2.45, 2.75) is 17.1 Å². The fourth-order valence-corrected chi connectivity index (χ4v) is 2.56. The van der Waals surface area contributed by atoms with Gasteiger partial charge in [0.2, 0.25) is 0 Å². The molecule has 2 aromatic carbocycles. The second-order valence-electron chi connectivity index (χ2n) is 3.80. The molecule has 0 aliphatic carbocycles. The monoisotopic (exact) mass is 242 g/mol. The van der Waals surface area contributed by atoms with Crippen molar-refractivity contribution in [3.05, 3.63) is 66.2 Å². The Balaban J connectivity index is 2.06. The molecular weight excluding hydrogens is 228 g/mol. The van der Waals surface area contributed by atoms with Crippen LogP contribution in [0.3, 0.4) is 0 Å². The molecule has 17 heavy (non-hydrogen) atoms. The number of ketones is 1. The lowest BCUT2D eigenvalue weighted by molar-refractivity contribution is 0.0994. The Morgan fingerprint density at radius 1 is 0.941 bits per heavy atom. The van der Waals surface area contributed by atoms with E-state index in [4.69, 9.17) is 0 Å². The van der Waals surface area contributed by atoms with Gasteiger partial charge in [0.25, 0.3) is 0 Å². The molecule has 1 atom stereocenters. The van der Waals surface area contributed by atoms with Crippen molar-refractivity contribution in [3.8, 4) is 0 Å². The zero-order chi connectivity index (χ0) is 12.1. The number of carbonyl (C=O) groups excluding carboxylic acids is 1. The Bertz CT molecular complexity index is 479. The second-order valence-corrected chi connectivity index (χ2v) is 5.22. The molecule has 0 aliphatic rings. The van der Waals surface area contributed by atoms with Crippen molar-refractivity contribution in [1.82, 2.24) is 0 Å². The lowest BCUT2D eigenvalue weighted by atomic mass is 10.1. The minimum atomic E-state index is -0.0557. The summed E-state index contributed by atoms with van der Waals surface area (Å²) in [5.41, 5.74) is 0.781. The number of thioether (sulfide) groups is 1. The van der Waals surface area contributed by atoms with Crippen LogP contribution in [0.2, 0.25) is 0 Å². The van der Waals surface area contributed by atoms with Gasteiger partial charge in [-0.15, -0.1) is 11.8 Å². The van der Waals surface area contributed by atoms with Gasteiger partial charge in [-0.1, -0.05) is 48.5 Å². The molecule has 2 aromatic rings. The van der Waals surface area contributed by atoms with Crippen LogP contribution < -0.4 is 0 Å². The maximum Gasteiger partial charge on any atom is 0.175 e. The highest BCUT2D eigenvalue weighted by molar-refractivity contribution is 8.00. The Morgan fingerprint density at radius 2 is 1.47 bits per heavy atom. The molecule has 2 rings (SSSR count). The van der Waals surface area contributed by atoms with Gasteiger partial charge in [0.1, 0.15) is 0 Å². The van der Waals surface area contributed by atoms with Crippen molar-refractivity contribution in [3.63, 3.8) is 0 Å². The van der Waals surface area contributed by atoms with E-state index in [0.717, 1.165) is 10.5 Å². The number of hydrogen-bond donors (Lipinski definition) is 0. The molecule has 0 amide bonds. The summed E-state index contributed by atoms with van der Waals surface area (Å²) in [5, 5.41) is -0.0557. The Hall–Kier alpha value is -1.54. The lowest BCUT2D eigenvalue weighted by Crippen LogP contribution is -2.13. The molecule has 1 nitrogen and oxygen atoms in total. The highest BCUT2D eigenvalue weighted by Gasteiger charge is 2.15. The van der Waals surface area contributed by atoms with Gasteiger partial charge in [0.05, 0.1) is 5.25 Å². The zero-order valence-electron chi connectivity index (χ0n) is 9.67. The van der Waals surface area contributed by atoms with Crippen molar-refractivity contribution >= 4 is 17.5 Å². The molecule has 86 valence electrons. The molecule has 0 saturated carbocycles. The van der Waals surface area contributed by atoms with E-state index >= 15 is 0 Å². The maximum atomic E-state index is 12.1. The van der Waals surface area contributed by atoms with Gasteiger partial charge < -0.3 is 0 Å². The first-order chi connectivity index (χ1) is 8.27. The predicted molar refractivity (Wildman–Crippen MR) is 72.5 cm³/mol. The average molecular weight is 242 g/mol. The van der Waals surface area contributed by atoms with Crippen molar-refractivity contribution < 1.29 is 4.79 Å². The first kappa shape index (κ1) is 11.9. The van der Waals surface area contributed by atoms with Crippen molar-refractivity contribution in [2.75, 3.05) is 0 Å². The normalized spacial score (nSPS) is 12.1. The molecule has 0 fully saturated rings. The second kappa shape index (κ2) is 5.69. The van der Waals surface area contributed by atoms with Crippen LogP contribution in [-0.4, -0.2) is 11.0 Å². The number of hydrogen-bond acceptors (Lipinski definition) is 2. The molecule has 0 aromatic heterocycles. The van der Waals surface area contributed by atoms with Crippen LogP contribution >= 0.6 is 11.8 Å². The molecule has 2 heteroatoms. The molecule has 0 aliphatic heterocycles. The van der Waals surface area contributed by atoms with Crippen molar-refractivity contribution in [1.29, 1.82) is 0 Å². The van der Waals surface area contributed by atoms with E-state index < -0.39 is 0 Å². The van der Waals surface area contributed by atoms with Gasteiger partial charge in [-0.3, -0.25) is 4.79 Å². The summed E-state index contributed by atoms with van der Waals surface area (Å²) in [5.74, 6) is 0.180. The Morgan fingerprint density at radius 3 is 2.06 bits per heavy atom. The third kappa shape index (κ3) is 3.21. The molecule has 0 N–H and O–H groups in total. The highest BCUT2D eigenvalue weighted by atomic mass is 32.2. The van der Waals surface area contributed by atoms with Crippen LogP contribution in [0.1, 0.15) is 17.3 Å². The van der Waals surface area contributed by atoms with E-state index in [-0.39, 0.29) is 11.0 Å². The fourth-order valence-electron chi connectivity index (χ4n) is 1.59. The third-order valence-corrected chi connectivity index (χ3v) is 3.60. The quantitative estimate of drug-likeness (QED) is 0.594. The summed E-state index contributed by atoms with van der Waals surface area (Å²) >= 11 is 1.60. The van der Waals surface area contributed by atoms with Gasteiger partial charge in [-0.05, 0) is 19.1 Å². The highest BCUT2D eigenvalue weighted by Crippen LogP contribution is 2.25. The van der Waals surface area contributed by atoms with Crippen LogP contribution in [0.5, 0.6) is 0 Å². The first-order valence-electron chi connectivity index (χ1n) is 5.58. The number of rotatable bonds is 4. The molecule has 0 saturated heterocycles. The molecule has 0 bridgehead atoms. The number of carbonyl (C=O) groups is 1. The SMILES string of the molecule is C[C@@H](Sc1ccccc1)C(=O)c1ccccc1. The van der Waals surface area contributed by atoms with E-state index in [1.54, 1.807) is 11.8 Å². The Labute approximate surface area is 106 Å². The molecule has 0 radical (unpaired) electrons. The summed E-state index contributed by atoms with van der Waals surface area (Å²) < 4.78 is 0. The van der Waals surface area contributed by atoms with E-state index in [1.165, 1.54) is 0 Å². The van der Waals surface area contributed by atoms with E-state index in [0.29, 0.717) is 0 Å². The summed E-state index contributed by atoms with van der Waals surface area (Å²) in [6, 6.07) is 19.5. The first-order valence-corrected chi connectivity index (χ1v) is 6.46. The summed E-state index contributed by atoms with van der Waals surface area (Å²) in [6.07, 6.45) is 0. The van der Waals surface area contributed by atoms with Crippen molar-refractivity contribution in [2.24, 2.45) is 0 Å². The van der Waals surface area contributed by atoms with Gasteiger partial charge in [0, 0.05) is 10.5 Å². The standard InChI is InChI=1S/C15H14OS/c1-12(17-14-10-6-3-7-11-14)15(16)13-8-4-2-5-9-13/h2-12H,1H3/t12-/m1/s1. The zero-order valence-corrected chi connectivity index (χ0v) is 10.5. The minimum Gasteiger partial charge on any atom is -0.293 e. The van der Waals surface area contributed by atoms with Gasteiger partial charge in [-0.25, -0.2) is 0 Å². The number of benzene rings is 2. The summed E-state index contributed by atoms with van der Waals surface area (Å²) in [4.78, 5) is 13.3. The third-order valence-electron chi connectivity index (χ3n) is 2.48. The molecule has 0 unspecified atom stereocenters. The topological polar surface area (TPSA) is 17.1 Å². The minimum absolute atomic E-state index is 0.0557. The molecule has 0 heterocycles. The average Bonchev–Trinajstić information content (AvgIpc) is 2.40. The molecular formula is C15H14OS. The smallest absolute Gasteiger partial charge is 0.175 e. The summed E-state index contributed by atoms with van der Waals surface area (Å²) in [6.45, 7) is 1.95. The Kier molecular flexibility index (Phi) is 3.99. The van der Waals surface area contributed by atoms with Gasteiger partial charge in [-0.2, -0.15) is 0 Å². The van der Waals surface area contributed by atoms with Crippen LogP contribution in [0.4, 0.5) is 0 Å². The summed E-state index contributed by atoms with van der Waals surface area (Å²) in [7, 11) is 0. The lowest BCUT2D eigenvalue weighted by Gasteiger charge is -2.09. The van der Waals surface area contributed by atoms with Gasteiger partial charge in [0.15, 0.2) is 5.78 Å². The predicted octanol–water partition coefficient (Wildman–Crippen LogP) is 4.05. The van der Waals surface area contributed by atoms with E-state index in [1.807, 2.05) is 67.6 Å². The van der Waals surface area contributed by atoms with Gasteiger partial charge >= 0.3 is 0 Å². The van der Waals surface area contributed by atoms with Crippen LogP contribution in [0.15, 0.2) is 65.6 Å². The fraction of sp³-hybridized carbons (Fsp3) is 0.133. The van der Waals surface area contributed by atoms with E-state index in [2.05, 4.69) is 0 Å². The van der Waals surface area contributed by atoms with E-state index in [9.17, 15) is 4.79 Å².